The fraction of sp³-hybridized carbons (Fsp3) is 0.600. The normalized spacial score (nSPS) is 28.0. The van der Waals surface area contributed by atoms with Crippen molar-refractivity contribution in [2.75, 3.05) is 31.6 Å². The van der Waals surface area contributed by atoms with Gasteiger partial charge in [0.05, 0.1) is 12.7 Å². The SMILES string of the molecule is CC1NCCOC1c1ccc2c(c1)CCCN2C. The highest BCUT2D eigenvalue weighted by Gasteiger charge is 2.24. The van der Waals surface area contributed by atoms with Gasteiger partial charge in [-0.1, -0.05) is 12.1 Å². The first-order chi connectivity index (χ1) is 8.75. The van der Waals surface area contributed by atoms with E-state index >= 15 is 0 Å². The summed E-state index contributed by atoms with van der Waals surface area (Å²) in [6.45, 7) is 5.15. The number of hydrogen-bond acceptors (Lipinski definition) is 3. The van der Waals surface area contributed by atoms with Crippen molar-refractivity contribution < 1.29 is 4.74 Å². The number of benzene rings is 1. The Kier molecular flexibility index (Phi) is 3.27. The summed E-state index contributed by atoms with van der Waals surface area (Å²) >= 11 is 0. The first-order valence-corrected chi connectivity index (χ1v) is 6.94. The van der Waals surface area contributed by atoms with Crippen LogP contribution < -0.4 is 10.2 Å². The monoisotopic (exact) mass is 246 g/mol. The lowest BCUT2D eigenvalue weighted by Gasteiger charge is -2.33. The van der Waals surface area contributed by atoms with E-state index in [2.05, 4.69) is 42.4 Å². The third-order valence-electron chi connectivity index (χ3n) is 4.10. The second kappa shape index (κ2) is 4.90. The summed E-state index contributed by atoms with van der Waals surface area (Å²) in [5.41, 5.74) is 4.19. The molecule has 0 amide bonds. The van der Waals surface area contributed by atoms with Crippen LogP contribution in [0.1, 0.15) is 30.6 Å². The topological polar surface area (TPSA) is 24.5 Å². The molecule has 1 saturated heterocycles. The molecule has 3 nitrogen and oxygen atoms in total. The van der Waals surface area contributed by atoms with Crippen molar-refractivity contribution in [1.29, 1.82) is 0 Å². The molecule has 18 heavy (non-hydrogen) atoms. The minimum absolute atomic E-state index is 0.205. The Balaban J connectivity index is 1.89. The number of nitrogens with one attached hydrogen (secondary N) is 1. The molecule has 0 saturated carbocycles. The van der Waals surface area contributed by atoms with Crippen LogP contribution in [0.4, 0.5) is 5.69 Å². The molecule has 3 heteroatoms. The number of aryl methyl sites for hydroxylation is 1. The van der Waals surface area contributed by atoms with Gasteiger partial charge in [0.1, 0.15) is 0 Å². The molecule has 0 spiro atoms. The standard InChI is InChI=1S/C15H22N2O/c1-11-15(18-9-7-16-11)13-5-6-14-12(10-13)4-3-8-17(14)2/h5-6,10-11,15-16H,3-4,7-9H2,1-2H3. The van der Waals surface area contributed by atoms with Gasteiger partial charge in [0.2, 0.25) is 0 Å². The summed E-state index contributed by atoms with van der Waals surface area (Å²) in [5.74, 6) is 0. The van der Waals surface area contributed by atoms with E-state index in [1.807, 2.05) is 0 Å². The summed E-state index contributed by atoms with van der Waals surface area (Å²) in [7, 11) is 2.18. The quantitative estimate of drug-likeness (QED) is 0.821. The third kappa shape index (κ3) is 2.13. The van der Waals surface area contributed by atoms with Crippen LogP contribution in [-0.4, -0.2) is 32.8 Å². The molecule has 2 heterocycles. The lowest BCUT2D eigenvalue weighted by Crippen LogP contribution is -2.41. The van der Waals surface area contributed by atoms with E-state index in [0.29, 0.717) is 6.04 Å². The van der Waals surface area contributed by atoms with Gasteiger partial charge in [-0.3, -0.25) is 0 Å². The number of anilines is 1. The molecular weight excluding hydrogens is 224 g/mol. The highest BCUT2D eigenvalue weighted by Crippen LogP contribution is 2.31. The predicted molar refractivity (Wildman–Crippen MR) is 74.2 cm³/mol. The molecule has 1 N–H and O–H groups in total. The van der Waals surface area contributed by atoms with Crippen molar-refractivity contribution in [3.8, 4) is 0 Å². The van der Waals surface area contributed by atoms with Crippen molar-refractivity contribution in [2.24, 2.45) is 0 Å². The number of hydrogen-bond donors (Lipinski definition) is 1. The molecular formula is C15H22N2O. The number of morpholine rings is 1. The Morgan fingerprint density at radius 2 is 2.28 bits per heavy atom. The van der Waals surface area contributed by atoms with Crippen LogP contribution in [0.25, 0.3) is 0 Å². The summed E-state index contributed by atoms with van der Waals surface area (Å²) in [6.07, 6.45) is 2.66. The fourth-order valence-electron chi connectivity index (χ4n) is 3.09. The third-order valence-corrected chi connectivity index (χ3v) is 4.10. The van der Waals surface area contributed by atoms with Gasteiger partial charge in [0.15, 0.2) is 0 Å². The zero-order chi connectivity index (χ0) is 12.5. The smallest absolute Gasteiger partial charge is 0.0975 e. The fourth-order valence-corrected chi connectivity index (χ4v) is 3.09. The number of nitrogens with zero attached hydrogens (tertiary/aromatic N) is 1. The van der Waals surface area contributed by atoms with Gasteiger partial charge < -0.3 is 15.0 Å². The van der Waals surface area contributed by atoms with E-state index in [1.165, 1.54) is 36.2 Å². The number of fused-ring (bicyclic) bond motifs is 1. The molecule has 0 bridgehead atoms. The van der Waals surface area contributed by atoms with Gasteiger partial charge in [-0.15, -0.1) is 0 Å². The van der Waals surface area contributed by atoms with Crippen molar-refractivity contribution >= 4 is 5.69 Å². The van der Waals surface area contributed by atoms with E-state index in [9.17, 15) is 0 Å². The van der Waals surface area contributed by atoms with Crippen molar-refractivity contribution in [1.82, 2.24) is 5.32 Å². The van der Waals surface area contributed by atoms with Crippen LogP contribution in [0.3, 0.4) is 0 Å². The molecule has 2 aliphatic heterocycles. The molecule has 98 valence electrons. The molecule has 0 aliphatic carbocycles. The predicted octanol–water partition coefficient (Wildman–Crippen LogP) is 2.12. The Morgan fingerprint density at radius 3 is 3.11 bits per heavy atom. The van der Waals surface area contributed by atoms with E-state index in [1.54, 1.807) is 0 Å². The van der Waals surface area contributed by atoms with Crippen LogP contribution >= 0.6 is 0 Å². The molecule has 1 aromatic rings. The number of rotatable bonds is 1. The maximum absolute atomic E-state index is 5.92. The van der Waals surface area contributed by atoms with Gasteiger partial charge >= 0.3 is 0 Å². The largest absolute Gasteiger partial charge is 0.374 e. The minimum Gasteiger partial charge on any atom is -0.374 e. The molecule has 1 fully saturated rings. The van der Waals surface area contributed by atoms with Gasteiger partial charge in [0.25, 0.3) is 0 Å². The molecule has 1 aromatic carbocycles. The average molecular weight is 246 g/mol. The summed E-state index contributed by atoms with van der Waals surface area (Å²) in [4.78, 5) is 2.35. The van der Waals surface area contributed by atoms with E-state index in [0.717, 1.165) is 13.2 Å². The summed E-state index contributed by atoms with van der Waals surface area (Å²) in [5, 5.41) is 3.48. The number of ether oxygens (including phenoxy) is 1. The molecule has 0 radical (unpaired) electrons. The zero-order valence-electron chi connectivity index (χ0n) is 11.3. The second-order valence-corrected chi connectivity index (χ2v) is 5.45. The van der Waals surface area contributed by atoms with Crippen LogP contribution in [0, 0.1) is 0 Å². The molecule has 2 aliphatic rings. The lowest BCUT2D eigenvalue weighted by atomic mass is 9.95. The lowest BCUT2D eigenvalue weighted by molar-refractivity contribution is -0.000260. The Labute approximate surface area is 109 Å². The van der Waals surface area contributed by atoms with Crippen molar-refractivity contribution in [3.63, 3.8) is 0 Å². The Bertz CT molecular complexity index is 433. The highest BCUT2D eigenvalue weighted by molar-refractivity contribution is 5.56. The van der Waals surface area contributed by atoms with Crippen molar-refractivity contribution in [2.45, 2.75) is 31.9 Å². The van der Waals surface area contributed by atoms with E-state index in [4.69, 9.17) is 4.74 Å². The summed E-state index contributed by atoms with van der Waals surface area (Å²) in [6, 6.07) is 7.24. The first kappa shape index (κ1) is 12.0. The minimum atomic E-state index is 0.205. The molecule has 3 rings (SSSR count). The zero-order valence-corrected chi connectivity index (χ0v) is 11.3. The Hall–Kier alpha value is -1.06. The maximum Gasteiger partial charge on any atom is 0.0975 e. The van der Waals surface area contributed by atoms with E-state index in [-0.39, 0.29) is 6.10 Å². The molecule has 0 aromatic heterocycles. The second-order valence-electron chi connectivity index (χ2n) is 5.45. The van der Waals surface area contributed by atoms with Crippen LogP contribution in [0.15, 0.2) is 18.2 Å². The summed E-state index contributed by atoms with van der Waals surface area (Å²) < 4.78 is 5.92. The molecule has 2 unspecified atom stereocenters. The van der Waals surface area contributed by atoms with E-state index < -0.39 is 0 Å². The van der Waals surface area contributed by atoms with Crippen LogP contribution in [0.5, 0.6) is 0 Å². The van der Waals surface area contributed by atoms with Crippen LogP contribution in [-0.2, 0) is 11.2 Å². The maximum atomic E-state index is 5.92. The average Bonchev–Trinajstić information content (AvgIpc) is 2.39. The van der Waals surface area contributed by atoms with Gasteiger partial charge in [0, 0.05) is 31.9 Å². The Morgan fingerprint density at radius 1 is 1.39 bits per heavy atom. The van der Waals surface area contributed by atoms with Gasteiger partial charge in [-0.2, -0.15) is 0 Å². The van der Waals surface area contributed by atoms with Crippen molar-refractivity contribution in [3.05, 3.63) is 29.3 Å². The highest BCUT2D eigenvalue weighted by atomic mass is 16.5. The first-order valence-electron chi connectivity index (χ1n) is 6.94. The van der Waals surface area contributed by atoms with Gasteiger partial charge in [-0.05, 0) is 37.0 Å². The van der Waals surface area contributed by atoms with Gasteiger partial charge in [-0.25, -0.2) is 0 Å². The molecule has 2 atom stereocenters. The van der Waals surface area contributed by atoms with Crippen LogP contribution in [0.2, 0.25) is 0 Å².